The first-order chi connectivity index (χ1) is 6.07. The molecule has 0 radical (unpaired) electrons. The van der Waals surface area contributed by atoms with Crippen molar-refractivity contribution >= 4 is 11.7 Å². The Balaban J connectivity index is 3.55. The number of hydrogen-bond acceptors (Lipinski definition) is 3. The van der Waals surface area contributed by atoms with Crippen molar-refractivity contribution in [2.75, 3.05) is 5.73 Å². The van der Waals surface area contributed by atoms with Crippen molar-refractivity contribution in [1.82, 2.24) is 0 Å². The molecule has 0 spiro atoms. The van der Waals surface area contributed by atoms with Crippen molar-refractivity contribution in [1.29, 1.82) is 5.26 Å². The zero-order chi connectivity index (χ0) is 10.0. The summed E-state index contributed by atoms with van der Waals surface area (Å²) in [6, 6.07) is 4.94. The fraction of sp³-hybridized carbons (Fsp3) is 0.111. The lowest BCUT2D eigenvalue weighted by Gasteiger charge is -2.04. The number of benzene rings is 1. The van der Waals surface area contributed by atoms with Crippen molar-refractivity contribution in [3.8, 4) is 6.07 Å². The van der Waals surface area contributed by atoms with Crippen molar-refractivity contribution in [2.45, 2.75) is 6.92 Å². The first-order valence-electron chi connectivity index (χ1n) is 3.60. The molecule has 1 aromatic rings. The van der Waals surface area contributed by atoms with Crippen LogP contribution in [0, 0.1) is 18.3 Å². The summed E-state index contributed by atoms with van der Waals surface area (Å²) in [6.45, 7) is 1.67. The SMILES string of the molecule is Cc1ccc(N)c(C(=O)O)c1C#N. The largest absolute Gasteiger partial charge is 0.478 e. The highest BCUT2D eigenvalue weighted by atomic mass is 16.4. The van der Waals surface area contributed by atoms with Crippen molar-refractivity contribution in [2.24, 2.45) is 0 Å². The van der Waals surface area contributed by atoms with E-state index in [9.17, 15) is 4.79 Å². The molecule has 66 valence electrons. The third-order valence-electron chi connectivity index (χ3n) is 1.77. The number of anilines is 1. The molecule has 4 heteroatoms. The van der Waals surface area contributed by atoms with E-state index in [2.05, 4.69) is 0 Å². The van der Waals surface area contributed by atoms with Gasteiger partial charge in [-0.15, -0.1) is 0 Å². The van der Waals surface area contributed by atoms with Crippen LogP contribution in [-0.4, -0.2) is 11.1 Å². The summed E-state index contributed by atoms with van der Waals surface area (Å²) in [6.07, 6.45) is 0. The van der Waals surface area contributed by atoms with E-state index in [1.165, 1.54) is 6.07 Å². The Morgan fingerprint density at radius 2 is 2.23 bits per heavy atom. The highest BCUT2D eigenvalue weighted by molar-refractivity contribution is 5.96. The maximum absolute atomic E-state index is 10.7. The molecule has 0 saturated carbocycles. The number of nitrogens with two attached hydrogens (primary N) is 1. The molecule has 0 bridgehead atoms. The molecule has 3 N–H and O–H groups in total. The van der Waals surface area contributed by atoms with Gasteiger partial charge in [-0.1, -0.05) is 6.07 Å². The third kappa shape index (κ3) is 1.44. The number of nitrogen functional groups attached to an aromatic ring is 1. The summed E-state index contributed by atoms with van der Waals surface area (Å²) in [5, 5.41) is 17.5. The van der Waals surface area contributed by atoms with E-state index in [-0.39, 0.29) is 16.8 Å². The summed E-state index contributed by atoms with van der Waals surface area (Å²) in [5.74, 6) is -1.17. The molecule has 0 fully saturated rings. The Morgan fingerprint density at radius 1 is 1.62 bits per heavy atom. The number of aromatic carboxylic acids is 1. The van der Waals surface area contributed by atoms with E-state index in [0.717, 1.165) is 0 Å². The zero-order valence-electron chi connectivity index (χ0n) is 7.03. The Kier molecular flexibility index (Phi) is 2.20. The summed E-state index contributed by atoms with van der Waals surface area (Å²) < 4.78 is 0. The molecular formula is C9H8N2O2. The normalized spacial score (nSPS) is 9.23. The predicted octanol–water partition coefficient (Wildman–Crippen LogP) is 1.15. The number of carboxylic acids is 1. The topological polar surface area (TPSA) is 87.1 Å². The van der Waals surface area contributed by atoms with Crippen LogP contribution in [-0.2, 0) is 0 Å². The van der Waals surface area contributed by atoms with E-state index < -0.39 is 5.97 Å². The molecule has 13 heavy (non-hydrogen) atoms. The number of nitriles is 1. The lowest BCUT2D eigenvalue weighted by molar-refractivity contribution is 0.0697. The average Bonchev–Trinajstić information content (AvgIpc) is 2.07. The van der Waals surface area contributed by atoms with Crippen molar-refractivity contribution in [3.63, 3.8) is 0 Å². The van der Waals surface area contributed by atoms with Crippen LogP contribution in [0.4, 0.5) is 5.69 Å². The molecule has 1 rings (SSSR count). The fourth-order valence-corrected chi connectivity index (χ4v) is 1.10. The van der Waals surface area contributed by atoms with Crippen LogP contribution in [0.3, 0.4) is 0 Å². The number of rotatable bonds is 1. The standard InChI is InChI=1S/C9H8N2O2/c1-5-2-3-7(11)8(9(12)13)6(5)4-10/h2-3H,11H2,1H3,(H,12,13). The smallest absolute Gasteiger partial charge is 0.339 e. The quantitative estimate of drug-likeness (QED) is 0.628. The van der Waals surface area contributed by atoms with Crippen LogP contribution in [0.15, 0.2) is 12.1 Å². The minimum absolute atomic E-state index is 0.109. The highest BCUT2D eigenvalue weighted by Gasteiger charge is 2.15. The lowest BCUT2D eigenvalue weighted by Crippen LogP contribution is -2.06. The van der Waals surface area contributed by atoms with Gasteiger partial charge in [0.1, 0.15) is 11.6 Å². The first-order valence-corrected chi connectivity index (χ1v) is 3.60. The van der Waals surface area contributed by atoms with Gasteiger partial charge < -0.3 is 10.8 Å². The van der Waals surface area contributed by atoms with Gasteiger partial charge in [0.15, 0.2) is 0 Å². The van der Waals surface area contributed by atoms with Gasteiger partial charge in [-0.3, -0.25) is 0 Å². The van der Waals surface area contributed by atoms with Crippen LogP contribution >= 0.6 is 0 Å². The minimum atomic E-state index is -1.17. The molecule has 0 atom stereocenters. The zero-order valence-corrected chi connectivity index (χ0v) is 7.03. The van der Waals surface area contributed by atoms with E-state index >= 15 is 0 Å². The van der Waals surface area contributed by atoms with Gasteiger partial charge in [0.25, 0.3) is 0 Å². The molecule has 1 aromatic carbocycles. The second kappa shape index (κ2) is 3.15. The van der Waals surface area contributed by atoms with Gasteiger partial charge in [0.05, 0.1) is 5.56 Å². The summed E-state index contributed by atoms with van der Waals surface area (Å²) in [7, 11) is 0. The van der Waals surface area contributed by atoms with E-state index in [0.29, 0.717) is 5.56 Å². The van der Waals surface area contributed by atoms with Gasteiger partial charge in [0.2, 0.25) is 0 Å². The third-order valence-corrected chi connectivity index (χ3v) is 1.77. The lowest BCUT2D eigenvalue weighted by atomic mass is 10.0. The summed E-state index contributed by atoms with van der Waals surface area (Å²) >= 11 is 0. The van der Waals surface area contributed by atoms with Crippen LogP contribution in [0.1, 0.15) is 21.5 Å². The molecule has 0 aliphatic rings. The molecular weight excluding hydrogens is 168 g/mol. The number of carbonyl (C=O) groups is 1. The van der Waals surface area contributed by atoms with Gasteiger partial charge >= 0.3 is 5.97 Å². The molecule has 0 unspecified atom stereocenters. The van der Waals surface area contributed by atoms with Crippen LogP contribution in [0.2, 0.25) is 0 Å². The molecule has 0 aliphatic carbocycles. The van der Waals surface area contributed by atoms with Gasteiger partial charge in [-0.2, -0.15) is 5.26 Å². The molecule has 0 saturated heterocycles. The number of nitrogens with zero attached hydrogens (tertiary/aromatic N) is 1. The number of aryl methyl sites for hydroxylation is 1. The van der Waals surface area contributed by atoms with Crippen molar-refractivity contribution < 1.29 is 9.90 Å². The van der Waals surface area contributed by atoms with Crippen LogP contribution < -0.4 is 5.73 Å². The summed E-state index contributed by atoms with van der Waals surface area (Å²) in [5.41, 5.74) is 6.20. The number of carboxylic acid groups (broad SMARTS) is 1. The van der Waals surface area contributed by atoms with Gasteiger partial charge in [-0.25, -0.2) is 4.79 Å². The Hall–Kier alpha value is -2.02. The number of hydrogen-bond donors (Lipinski definition) is 2. The molecule has 0 aliphatic heterocycles. The van der Waals surface area contributed by atoms with E-state index in [1.54, 1.807) is 13.0 Å². The average molecular weight is 176 g/mol. The van der Waals surface area contributed by atoms with Gasteiger partial charge in [-0.05, 0) is 18.6 Å². The first kappa shape index (κ1) is 9.07. The molecule has 0 aromatic heterocycles. The summed E-state index contributed by atoms with van der Waals surface area (Å²) in [4.78, 5) is 10.7. The van der Waals surface area contributed by atoms with Crippen molar-refractivity contribution in [3.05, 3.63) is 28.8 Å². The fourth-order valence-electron chi connectivity index (χ4n) is 1.10. The minimum Gasteiger partial charge on any atom is -0.478 e. The Bertz CT molecular complexity index is 405. The van der Waals surface area contributed by atoms with E-state index in [1.807, 2.05) is 6.07 Å². The molecule has 4 nitrogen and oxygen atoms in total. The second-order valence-corrected chi connectivity index (χ2v) is 2.64. The second-order valence-electron chi connectivity index (χ2n) is 2.64. The van der Waals surface area contributed by atoms with Gasteiger partial charge in [0, 0.05) is 5.69 Å². The monoisotopic (exact) mass is 176 g/mol. The Labute approximate surface area is 75.2 Å². The molecule has 0 heterocycles. The molecule has 0 amide bonds. The van der Waals surface area contributed by atoms with E-state index in [4.69, 9.17) is 16.1 Å². The highest BCUT2D eigenvalue weighted by Crippen LogP contribution is 2.19. The predicted molar refractivity (Wildman–Crippen MR) is 47.3 cm³/mol. The van der Waals surface area contributed by atoms with Crippen LogP contribution in [0.25, 0.3) is 0 Å². The maximum atomic E-state index is 10.7. The Morgan fingerprint density at radius 3 is 2.62 bits per heavy atom. The van der Waals surface area contributed by atoms with Crippen LogP contribution in [0.5, 0.6) is 0 Å². The maximum Gasteiger partial charge on any atom is 0.339 e.